The van der Waals surface area contributed by atoms with E-state index in [1.54, 1.807) is 0 Å². The van der Waals surface area contributed by atoms with Crippen molar-refractivity contribution in [2.45, 2.75) is 32.7 Å². The van der Waals surface area contributed by atoms with Gasteiger partial charge in [-0.05, 0) is 26.7 Å². The monoisotopic (exact) mass is 151 g/mol. The van der Waals surface area contributed by atoms with Gasteiger partial charge in [0.05, 0.1) is 0 Å². The standard InChI is InChI=1S/C10H17N/c1-9(2)7-8-11-10-5-3-4-6-10/h3-4,7,10-11H,5-6,8H2,1-2H3. The highest BCUT2D eigenvalue weighted by atomic mass is 14.9. The van der Waals surface area contributed by atoms with Gasteiger partial charge < -0.3 is 5.32 Å². The van der Waals surface area contributed by atoms with Crippen LogP contribution in [0.25, 0.3) is 0 Å². The Hall–Kier alpha value is -0.560. The zero-order valence-electron chi connectivity index (χ0n) is 7.43. The van der Waals surface area contributed by atoms with Crippen LogP contribution in [0.5, 0.6) is 0 Å². The van der Waals surface area contributed by atoms with Crippen LogP contribution >= 0.6 is 0 Å². The molecule has 1 aliphatic rings. The average Bonchev–Trinajstić information content (AvgIpc) is 2.39. The molecule has 0 saturated carbocycles. The van der Waals surface area contributed by atoms with E-state index in [1.165, 1.54) is 18.4 Å². The number of hydrogen-bond donors (Lipinski definition) is 1. The summed E-state index contributed by atoms with van der Waals surface area (Å²) in [6, 6.07) is 0.700. The van der Waals surface area contributed by atoms with Gasteiger partial charge in [0.25, 0.3) is 0 Å². The Kier molecular flexibility index (Phi) is 3.37. The van der Waals surface area contributed by atoms with E-state index in [0.29, 0.717) is 6.04 Å². The van der Waals surface area contributed by atoms with Gasteiger partial charge in [0.2, 0.25) is 0 Å². The molecule has 0 fully saturated rings. The maximum atomic E-state index is 3.47. The lowest BCUT2D eigenvalue weighted by molar-refractivity contribution is 0.572. The minimum Gasteiger partial charge on any atom is -0.310 e. The van der Waals surface area contributed by atoms with E-state index >= 15 is 0 Å². The Morgan fingerprint density at radius 3 is 2.64 bits per heavy atom. The van der Waals surface area contributed by atoms with Gasteiger partial charge in [0.15, 0.2) is 0 Å². The van der Waals surface area contributed by atoms with E-state index < -0.39 is 0 Å². The van der Waals surface area contributed by atoms with Crippen LogP contribution < -0.4 is 5.32 Å². The zero-order chi connectivity index (χ0) is 8.10. The molecule has 0 radical (unpaired) electrons. The van der Waals surface area contributed by atoms with Crippen molar-refractivity contribution >= 4 is 0 Å². The van der Waals surface area contributed by atoms with Crippen molar-refractivity contribution in [2.75, 3.05) is 6.54 Å². The smallest absolute Gasteiger partial charge is 0.0140 e. The zero-order valence-corrected chi connectivity index (χ0v) is 7.43. The Balaban J connectivity index is 2.08. The first kappa shape index (κ1) is 8.54. The summed E-state index contributed by atoms with van der Waals surface area (Å²) in [5.74, 6) is 0. The van der Waals surface area contributed by atoms with Crippen LogP contribution in [-0.4, -0.2) is 12.6 Å². The number of allylic oxidation sites excluding steroid dienone is 1. The molecule has 0 aromatic carbocycles. The quantitative estimate of drug-likeness (QED) is 0.610. The molecule has 0 aromatic rings. The first-order valence-electron chi connectivity index (χ1n) is 4.31. The van der Waals surface area contributed by atoms with E-state index in [0.717, 1.165) is 6.54 Å². The summed E-state index contributed by atoms with van der Waals surface area (Å²) in [5, 5.41) is 3.47. The van der Waals surface area contributed by atoms with Crippen molar-refractivity contribution in [2.24, 2.45) is 0 Å². The highest BCUT2D eigenvalue weighted by Crippen LogP contribution is 2.08. The first-order chi connectivity index (χ1) is 5.29. The molecule has 1 aliphatic carbocycles. The third-order valence-corrected chi connectivity index (χ3v) is 1.92. The Labute approximate surface area is 69.2 Å². The van der Waals surface area contributed by atoms with Gasteiger partial charge in [0, 0.05) is 12.6 Å². The van der Waals surface area contributed by atoms with Crippen molar-refractivity contribution in [1.29, 1.82) is 0 Å². The van der Waals surface area contributed by atoms with Crippen LogP contribution in [-0.2, 0) is 0 Å². The highest BCUT2D eigenvalue weighted by Gasteiger charge is 2.06. The predicted octanol–water partition coefficient (Wildman–Crippen LogP) is 2.26. The predicted molar refractivity (Wildman–Crippen MR) is 49.6 cm³/mol. The fourth-order valence-electron chi connectivity index (χ4n) is 1.21. The summed E-state index contributed by atoms with van der Waals surface area (Å²) in [4.78, 5) is 0. The van der Waals surface area contributed by atoms with Crippen molar-refractivity contribution < 1.29 is 0 Å². The normalized spacial score (nSPS) is 17.3. The van der Waals surface area contributed by atoms with E-state index in [-0.39, 0.29) is 0 Å². The molecular weight excluding hydrogens is 134 g/mol. The SMILES string of the molecule is CC(C)=CCNC1CC=CC1. The second kappa shape index (κ2) is 4.35. The Morgan fingerprint density at radius 1 is 1.45 bits per heavy atom. The lowest BCUT2D eigenvalue weighted by Gasteiger charge is -2.09. The summed E-state index contributed by atoms with van der Waals surface area (Å²) < 4.78 is 0. The van der Waals surface area contributed by atoms with Gasteiger partial charge in [-0.15, -0.1) is 0 Å². The van der Waals surface area contributed by atoms with Gasteiger partial charge in [0.1, 0.15) is 0 Å². The van der Waals surface area contributed by atoms with Crippen molar-refractivity contribution in [3.05, 3.63) is 23.8 Å². The summed E-state index contributed by atoms with van der Waals surface area (Å²) >= 11 is 0. The summed E-state index contributed by atoms with van der Waals surface area (Å²) in [7, 11) is 0. The molecule has 62 valence electrons. The molecule has 0 aromatic heterocycles. The molecule has 0 amide bonds. The van der Waals surface area contributed by atoms with Crippen molar-refractivity contribution in [3.63, 3.8) is 0 Å². The molecule has 1 rings (SSSR count). The number of rotatable bonds is 3. The van der Waals surface area contributed by atoms with Gasteiger partial charge in [-0.25, -0.2) is 0 Å². The maximum Gasteiger partial charge on any atom is 0.0140 e. The third-order valence-electron chi connectivity index (χ3n) is 1.92. The van der Waals surface area contributed by atoms with Crippen molar-refractivity contribution in [1.82, 2.24) is 5.32 Å². The minimum atomic E-state index is 0.700. The van der Waals surface area contributed by atoms with Gasteiger partial charge in [-0.3, -0.25) is 0 Å². The second-order valence-electron chi connectivity index (χ2n) is 3.33. The molecule has 0 spiro atoms. The topological polar surface area (TPSA) is 12.0 Å². The molecule has 1 heteroatoms. The molecule has 0 bridgehead atoms. The Bertz CT molecular complexity index is 156. The van der Waals surface area contributed by atoms with Gasteiger partial charge >= 0.3 is 0 Å². The molecule has 0 saturated heterocycles. The lowest BCUT2D eigenvalue weighted by Crippen LogP contribution is -2.26. The molecule has 1 nitrogen and oxygen atoms in total. The minimum absolute atomic E-state index is 0.700. The summed E-state index contributed by atoms with van der Waals surface area (Å²) in [6.45, 7) is 5.29. The molecule has 0 unspecified atom stereocenters. The van der Waals surface area contributed by atoms with Gasteiger partial charge in [-0.2, -0.15) is 0 Å². The molecule has 0 atom stereocenters. The molecule has 0 aliphatic heterocycles. The van der Waals surface area contributed by atoms with Crippen LogP contribution in [0.4, 0.5) is 0 Å². The number of nitrogens with one attached hydrogen (secondary N) is 1. The first-order valence-corrected chi connectivity index (χ1v) is 4.31. The fourth-order valence-corrected chi connectivity index (χ4v) is 1.21. The van der Waals surface area contributed by atoms with Crippen LogP contribution in [0.2, 0.25) is 0 Å². The van der Waals surface area contributed by atoms with Crippen LogP contribution in [0, 0.1) is 0 Å². The fraction of sp³-hybridized carbons (Fsp3) is 0.600. The van der Waals surface area contributed by atoms with E-state index in [2.05, 4.69) is 37.4 Å². The third kappa shape index (κ3) is 3.38. The molecule has 1 N–H and O–H groups in total. The van der Waals surface area contributed by atoms with E-state index in [9.17, 15) is 0 Å². The lowest BCUT2D eigenvalue weighted by atomic mass is 10.2. The van der Waals surface area contributed by atoms with Crippen molar-refractivity contribution in [3.8, 4) is 0 Å². The summed E-state index contributed by atoms with van der Waals surface area (Å²) in [6.07, 6.45) is 9.14. The second-order valence-corrected chi connectivity index (χ2v) is 3.33. The highest BCUT2D eigenvalue weighted by molar-refractivity contribution is 5.00. The van der Waals surface area contributed by atoms with Crippen LogP contribution in [0.15, 0.2) is 23.8 Å². The van der Waals surface area contributed by atoms with Crippen LogP contribution in [0.3, 0.4) is 0 Å². The number of hydrogen-bond acceptors (Lipinski definition) is 1. The summed E-state index contributed by atoms with van der Waals surface area (Å²) in [5.41, 5.74) is 1.39. The van der Waals surface area contributed by atoms with Crippen LogP contribution in [0.1, 0.15) is 26.7 Å². The largest absolute Gasteiger partial charge is 0.310 e. The molecule has 0 heterocycles. The maximum absolute atomic E-state index is 3.47. The van der Waals surface area contributed by atoms with Gasteiger partial charge in [-0.1, -0.05) is 23.8 Å². The average molecular weight is 151 g/mol. The van der Waals surface area contributed by atoms with E-state index in [1.807, 2.05) is 0 Å². The van der Waals surface area contributed by atoms with E-state index in [4.69, 9.17) is 0 Å². The Morgan fingerprint density at radius 2 is 2.09 bits per heavy atom. The molecule has 11 heavy (non-hydrogen) atoms. The molecular formula is C10H17N.